The molecule has 0 bridgehead atoms. The van der Waals surface area contributed by atoms with Crippen LogP contribution in [0, 0.1) is 6.92 Å². The largest absolute Gasteiger partial charge is 0.473 e. The van der Waals surface area contributed by atoms with E-state index in [0.717, 1.165) is 11.3 Å². The minimum atomic E-state index is -0.934. The molecule has 5 heteroatoms. The summed E-state index contributed by atoms with van der Waals surface area (Å²) in [6, 6.07) is 1.79. The smallest absolute Gasteiger partial charge is 0.213 e. The molecule has 0 saturated carbocycles. The van der Waals surface area contributed by atoms with Crippen LogP contribution in [0.15, 0.2) is 36.6 Å². The van der Waals surface area contributed by atoms with Crippen LogP contribution in [-0.4, -0.2) is 17.8 Å². The molecule has 1 rings (SSSR count). The maximum Gasteiger partial charge on any atom is 0.213 e. The molecule has 0 aliphatic heterocycles. The molecule has 0 amide bonds. The van der Waals surface area contributed by atoms with Crippen LogP contribution < -0.4 is 16.0 Å². The van der Waals surface area contributed by atoms with Crippen molar-refractivity contribution in [3.05, 3.63) is 42.1 Å². The van der Waals surface area contributed by atoms with Crippen molar-refractivity contribution in [1.29, 1.82) is 0 Å². The van der Waals surface area contributed by atoms with Crippen molar-refractivity contribution in [1.82, 2.24) is 4.98 Å². The summed E-state index contributed by atoms with van der Waals surface area (Å²) < 4.78 is 17.8. The summed E-state index contributed by atoms with van der Waals surface area (Å²) in [6.07, 6.45) is 7.30. The average Bonchev–Trinajstić information content (AvgIpc) is 2.33. The zero-order valence-corrected chi connectivity index (χ0v) is 10.6. The van der Waals surface area contributed by atoms with Crippen LogP contribution in [0.2, 0.25) is 0 Å². The number of nitrogens with one attached hydrogen (secondary N) is 1. The lowest BCUT2D eigenvalue weighted by molar-refractivity contribution is 0.348. The number of hydrogen-bond donors (Lipinski definition) is 2. The zero-order valence-electron chi connectivity index (χ0n) is 10.6. The molecule has 0 saturated heterocycles. The zero-order chi connectivity index (χ0) is 13.4. The third kappa shape index (κ3) is 4.97. The first-order valence-corrected chi connectivity index (χ1v) is 5.67. The highest BCUT2D eigenvalue weighted by Gasteiger charge is 1.99. The summed E-state index contributed by atoms with van der Waals surface area (Å²) in [5.41, 5.74) is 4.26. The molecule has 1 atom stereocenters. The van der Waals surface area contributed by atoms with Crippen LogP contribution in [0.5, 0.6) is 5.88 Å². The fourth-order valence-electron chi connectivity index (χ4n) is 1.25. The van der Waals surface area contributed by atoms with Crippen molar-refractivity contribution in [3.63, 3.8) is 0 Å². The van der Waals surface area contributed by atoms with E-state index in [-0.39, 0.29) is 0 Å². The van der Waals surface area contributed by atoms with Gasteiger partial charge < -0.3 is 10.2 Å². The topological polar surface area (TPSA) is 60.2 Å². The number of anilines is 1. The fraction of sp³-hybridized carbons (Fsp3) is 0.308. The van der Waals surface area contributed by atoms with Gasteiger partial charge in [-0.3, -0.25) is 5.84 Å². The molecule has 3 N–H and O–H groups in total. The normalized spacial score (nSPS) is 13.1. The number of nitrogens with two attached hydrogens (primary N) is 1. The second-order valence-corrected chi connectivity index (χ2v) is 3.78. The van der Waals surface area contributed by atoms with Crippen molar-refractivity contribution in [2.24, 2.45) is 5.84 Å². The highest BCUT2D eigenvalue weighted by molar-refractivity contribution is 5.48. The monoisotopic (exact) mass is 251 g/mol. The average molecular weight is 251 g/mol. The Morgan fingerprint density at radius 3 is 2.94 bits per heavy atom. The van der Waals surface area contributed by atoms with Crippen molar-refractivity contribution in [2.75, 3.05) is 12.0 Å². The van der Waals surface area contributed by atoms with E-state index in [4.69, 9.17) is 10.6 Å². The molecule has 98 valence electrons. The Labute approximate surface area is 106 Å². The molecule has 1 aromatic heterocycles. The van der Waals surface area contributed by atoms with Gasteiger partial charge in [-0.2, -0.15) is 0 Å². The van der Waals surface area contributed by atoms with Gasteiger partial charge in [0, 0.05) is 6.07 Å². The van der Waals surface area contributed by atoms with Gasteiger partial charge in [0.05, 0.1) is 11.9 Å². The lowest BCUT2D eigenvalue weighted by Gasteiger charge is -2.06. The minimum absolute atomic E-state index is 0.382. The molecule has 0 aliphatic rings. The maximum atomic E-state index is 12.4. The molecule has 0 fully saturated rings. The Morgan fingerprint density at radius 1 is 1.56 bits per heavy atom. The highest BCUT2D eigenvalue weighted by Crippen LogP contribution is 2.16. The van der Waals surface area contributed by atoms with Crippen molar-refractivity contribution < 1.29 is 9.13 Å². The standard InChI is InChI=1S/C13H18FN3O/c1-10-8-13(16-9-12(10)17-15)18-7-5-3-4-6-11(2)14/h3-6,8-9,11,17H,7,15H2,1-2H3/b5-3-,6-4-. The first-order valence-electron chi connectivity index (χ1n) is 5.67. The van der Waals surface area contributed by atoms with Crippen molar-refractivity contribution in [2.45, 2.75) is 20.0 Å². The van der Waals surface area contributed by atoms with E-state index in [1.807, 2.05) is 6.92 Å². The van der Waals surface area contributed by atoms with E-state index in [9.17, 15) is 4.39 Å². The Bertz CT molecular complexity index is 430. The molecule has 1 unspecified atom stereocenters. The number of aryl methyl sites for hydroxylation is 1. The minimum Gasteiger partial charge on any atom is -0.473 e. The second kappa shape index (κ2) is 7.45. The van der Waals surface area contributed by atoms with Gasteiger partial charge >= 0.3 is 0 Å². The second-order valence-electron chi connectivity index (χ2n) is 3.78. The molecule has 0 aliphatic carbocycles. The molecule has 0 aromatic carbocycles. The summed E-state index contributed by atoms with van der Waals surface area (Å²) in [4.78, 5) is 4.08. The summed E-state index contributed by atoms with van der Waals surface area (Å²) in [5, 5.41) is 0. The van der Waals surface area contributed by atoms with Crippen LogP contribution in [-0.2, 0) is 0 Å². The van der Waals surface area contributed by atoms with Crippen LogP contribution in [0.25, 0.3) is 0 Å². The number of halogens is 1. The quantitative estimate of drug-likeness (QED) is 0.463. The molecule has 1 aromatic rings. The molecule has 18 heavy (non-hydrogen) atoms. The molecule has 0 radical (unpaired) electrons. The van der Waals surface area contributed by atoms with Gasteiger partial charge in [0.2, 0.25) is 5.88 Å². The van der Waals surface area contributed by atoms with E-state index < -0.39 is 6.17 Å². The molecule has 1 heterocycles. The third-order valence-electron chi connectivity index (χ3n) is 2.19. The van der Waals surface area contributed by atoms with E-state index in [1.165, 1.54) is 13.0 Å². The first-order chi connectivity index (χ1) is 8.63. The number of ether oxygens (including phenoxy) is 1. The van der Waals surface area contributed by atoms with Gasteiger partial charge in [-0.05, 0) is 25.5 Å². The SMILES string of the molecule is Cc1cc(OC/C=C\C=C/C(C)F)ncc1NN. The Morgan fingerprint density at radius 2 is 2.33 bits per heavy atom. The number of rotatable bonds is 6. The van der Waals surface area contributed by atoms with E-state index >= 15 is 0 Å². The number of hydrogen-bond acceptors (Lipinski definition) is 4. The summed E-state index contributed by atoms with van der Waals surface area (Å²) in [6.45, 7) is 3.76. The Balaban J connectivity index is 2.42. The first kappa shape index (κ1) is 14.2. The number of nitrogen functional groups attached to an aromatic ring is 1. The van der Waals surface area contributed by atoms with E-state index in [1.54, 1.807) is 30.5 Å². The van der Waals surface area contributed by atoms with Crippen molar-refractivity contribution >= 4 is 5.69 Å². The highest BCUT2D eigenvalue weighted by atomic mass is 19.1. The van der Waals surface area contributed by atoms with Crippen LogP contribution in [0.3, 0.4) is 0 Å². The van der Waals surface area contributed by atoms with Crippen molar-refractivity contribution in [3.8, 4) is 5.88 Å². The summed E-state index contributed by atoms with van der Waals surface area (Å²) in [5.74, 6) is 5.83. The van der Waals surface area contributed by atoms with Crippen LogP contribution in [0.4, 0.5) is 10.1 Å². The number of nitrogens with zero attached hydrogens (tertiary/aromatic N) is 1. The van der Waals surface area contributed by atoms with Gasteiger partial charge in [-0.25, -0.2) is 9.37 Å². The number of alkyl halides is 1. The van der Waals surface area contributed by atoms with Gasteiger partial charge in [0.1, 0.15) is 12.8 Å². The maximum absolute atomic E-state index is 12.4. The molecule has 0 spiro atoms. The van der Waals surface area contributed by atoms with E-state index in [0.29, 0.717) is 12.5 Å². The lowest BCUT2D eigenvalue weighted by Crippen LogP contribution is -2.08. The van der Waals surface area contributed by atoms with Gasteiger partial charge in [0.25, 0.3) is 0 Å². The number of allylic oxidation sites excluding steroid dienone is 3. The molecular formula is C13H18FN3O. The predicted molar refractivity (Wildman–Crippen MR) is 71.1 cm³/mol. The Hall–Kier alpha value is -1.88. The summed E-state index contributed by atoms with van der Waals surface area (Å²) >= 11 is 0. The number of pyridine rings is 1. The summed E-state index contributed by atoms with van der Waals surface area (Å²) in [7, 11) is 0. The Kier molecular flexibility index (Phi) is 5.87. The van der Waals surface area contributed by atoms with Gasteiger partial charge in [-0.15, -0.1) is 0 Å². The number of aromatic nitrogens is 1. The number of hydrazine groups is 1. The van der Waals surface area contributed by atoms with Crippen LogP contribution >= 0.6 is 0 Å². The van der Waals surface area contributed by atoms with Crippen LogP contribution in [0.1, 0.15) is 12.5 Å². The van der Waals surface area contributed by atoms with Gasteiger partial charge in [-0.1, -0.05) is 18.2 Å². The molecular weight excluding hydrogens is 233 g/mol. The van der Waals surface area contributed by atoms with Gasteiger partial charge in [0.15, 0.2) is 0 Å². The third-order valence-corrected chi connectivity index (χ3v) is 2.19. The van der Waals surface area contributed by atoms with E-state index in [2.05, 4.69) is 10.4 Å². The fourth-order valence-corrected chi connectivity index (χ4v) is 1.25. The lowest BCUT2D eigenvalue weighted by atomic mass is 10.2. The molecule has 4 nitrogen and oxygen atoms in total. The predicted octanol–water partition coefficient (Wildman–Crippen LogP) is 2.52.